The zero-order valence-electron chi connectivity index (χ0n) is 8.92. The third-order valence-corrected chi connectivity index (χ3v) is 3.26. The van der Waals surface area contributed by atoms with Crippen LogP contribution < -0.4 is 11.1 Å². The van der Waals surface area contributed by atoms with Crippen molar-refractivity contribution in [1.29, 1.82) is 0 Å². The molecule has 3 nitrogen and oxygen atoms in total. The van der Waals surface area contributed by atoms with Crippen molar-refractivity contribution in [2.24, 2.45) is 11.7 Å². The molecular formula is C11H15ClFN3. The summed E-state index contributed by atoms with van der Waals surface area (Å²) in [5.74, 6) is 0.249. The highest BCUT2D eigenvalue weighted by atomic mass is 35.5. The van der Waals surface area contributed by atoms with Crippen LogP contribution in [0.1, 0.15) is 19.3 Å². The van der Waals surface area contributed by atoms with Crippen molar-refractivity contribution in [3.63, 3.8) is 0 Å². The fourth-order valence-electron chi connectivity index (χ4n) is 2.09. The minimum absolute atomic E-state index is 0.225. The lowest BCUT2D eigenvalue weighted by molar-refractivity contribution is 0.502. The molecule has 0 aliphatic heterocycles. The van der Waals surface area contributed by atoms with Crippen molar-refractivity contribution >= 4 is 17.4 Å². The number of nitrogens with one attached hydrogen (secondary N) is 1. The fourth-order valence-corrected chi connectivity index (χ4v) is 2.24. The summed E-state index contributed by atoms with van der Waals surface area (Å²) in [7, 11) is 0. The van der Waals surface area contributed by atoms with E-state index >= 15 is 0 Å². The van der Waals surface area contributed by atoms with Gasteiger partial charge in [-0.3, -0.25) is 0 Å². The molecule has 1 aliphatic carbocycles. The zero-order chi connectivity index (χ0) is 11.5. The van der Waals surface area contributed by atoms with Gasteiger partial charge in [-0.05, 0) is 24.8 Å². The third-order valence-electron chi connectivity index (χ3n) is 3.06. The number of halogens is 2. The van der Waals surface area contributed by atoms with Gasteiger partial charge in [0, 0.05) is 18.8 Å². The maximum Gasteiger partial charge on any atom is 0.166 e. The molecule has 1 aliphatic rings. The van der Waals surface area contributed by atoms with Crippen molar-refractivity contribution in [2.75, 3.05) is 11.9 Å². The minimum Gasteiger partial charge on any atom is -0.367 e. The molecule has 0 amide bonds. The summed E-state index contributed by atoms with van der Waals surface area (Å²) in [4.78, 5) is 3.90. The zero-order valence-corrected chi connectivity index (χ0v) is 9.67. The molecule has 1 saturated carbocycles. The molecule has 1 aromatic rings. The lowest BCUT2D eigenvalue weighted by atomic mass is 10.1. The smallest absolute Gasteiger partial charge is 0.166 e. The predicted octanol–water partition coefficient (Wildman–Crippen LogP) is 2.41. The average molecular weight is 244 g/mol. The van der Waals surface area contributed by atoms with Gasteiger partial charge < -0.3 is 11.1 Å². The number of hydrogen-bond acceptors (Lipinski definition) is 3. The average Bonchev–Trinajstić information content (AvgIpc) is 2.63. The van der Waals surface area contributed by atoms with Crippen LogP contribution in [0.5, 0.6) is 0 Å². The standard InChI is InChI=1S/C11H15ClFN3/c12-8-4-9(13)11(16-6-8)15-5-7-2-1-3-10(7)14/h4,6-7,10H,1-3,5,14H2,(H,15,16). The fraction of sp³-hybridized carbons (Fsp3) is 0.545. The van der Waals surface area contributed by atoms with Crippen molar-refractivity contribution in [1.82, 2.24) is 4.98 Å². The molecule has 16 heavy (non-hydrogen) atoms. The quantitative estimate of drug-likeness (QED) is 0.857. The number of nitrogens with zero attached hydrogens (tertiary/aromatic N) is 1. The van der Waals surface area contributed by atoms with Crippen LogP contribution in [0.4, 0.5) is 10.2 Å². The van der Waals surface area contributed by atoms with Crippen molar-refractivity contribution in [3.8, 4) is 0 Å². The highest BCUT2D eigenvalue weighted by Crippen LogP contribution is 2.24. The monoisotopic (exact) mass is 243 g/mol. The van der Waals surface area contributed by atoms with E-state index in [1.54, 1.807) is 0 Å². The van der Waals surface area contributed by atoms with Crippen LogP contribution in [0.25, 0.3) is 0 Å². The summed E-state index contributed by atoms with van der Waals surface area (Å²) >= 11 is 5.62. The van der Waals surface area contributed by atoms with Gasteiger partial charge in [0.15, 0.2) is 11.6 Å². The van der Waals surface area contributed by atoms with Crippen molar-refractivity contribution in [2.45, 2.75) is 25.3 Å². The van der Waals surface area contributed by atoms with Crippen LogP contribution in [-0.2, 0) is 0 Å². The molecule has 88 valence electrons. The van der Waals surface area contributed by atoms with Gasteiger partial charge >= 0.3 is 0 Å². The highest BCUT2D eigenvalue weighted by molar-refractivity contribution is 6.30. The molecule has 1 heterocycles. The molecule has 5 heteroatoms. The van der Waals surface area contributed by atoms with Gasteiger partial charge in [0.25, 0.3) is 0 Å². The summed E-state index contributed by atoms with van der Waals surface area (Å²) in [6.45, 7) is 0.673. The Morgan fingerprint density at radius 3 is 3.00 bits per heavy atom. The van der Waals surface area contributed by atoms with Crippen molar-refractivity contribution in [3.05, 3.63) is 23.1 Å². The first-order chi connectivity index (χ1) is 7.66. The van der Waals surface area contributed by atoms with E-state index in [-0.39, 0.29) is 11.9 Å². The number of nitrogens with two attached hydrogens (primary N) is 1. The van der Waals surface area contributed by atoms with E-state index in [1.165, 1.54) is 12.3 Å². The van der Waals surface area contributed by atoms with E-state index in [1.807, 2.05) is 0 Å². The van der Waals surface area contributed by atoms with Gasteiger partial charge in [0.2, 0.25) is 0 Å². The molecular weight excluding hydrogens is 229 g/mol. The Labute approximate surface area is 99.2 Å². The topological polar surface area (TPSA) is 50.9 Å². The van der Waals surface area contributed by atoms with Crippen LogP contribution in [0.3, 0.4) is 0 Å². The summed E-state index contributed by atoms with van der Waals surface area (Å²) in [6.07, 6.45) is 4.75. The van der Waals surface area contributed by atoms with Gasteiger partial charge in [-0.25, -0.2) is 9.37 Å². The molecule has 0 spiro atoms. The second-order valence-electron chi connectivity index (χ2n) is 4.22. The van der Waals surface area contributed by atoms with Gasteiger partial charge in [-0.1, -0.05) is 18.0 Å². The first-order valence-electron chi connectivity index (χ1n) is 5.47. The van der Waals surface area contributed by atoms with Crippen LogP contribution in [0.2, 0.25) is 5.02 Å². The molecule has 1 aromatic heterocycles. The van der Waals surface area contributed by atoms with Gasteiger partial charge in [0.05, 0.1) is 5.02 Å². The number of anilines is 1. The molecule has 0 saturated heterocycles. The minimum atomic E-state index is -0.418. The Kier molecular flexibility index (Phi) is 3.61. The Morgan fingerprint density at radius 2 is 2.38 bits per heavy atom. The molecule has 1 fully saturated rings. The van der Waals surface area contributed by atoms with Crippen LogP contribution in [0, 0.1) is 11.7 Å². The van der Waals surface area contributed by atoms with E-state index in [9.17, 15) is 4.39 Å². The van der Waals surface area contributed by atoms with E-state index in [0.717, 1.165) is 19.3 Å². The van der Waals surface area contributed by atoms with Crippen molar-refractivity contribution < 1.29 is 4.39 Å². The Hall–Kier alpha value is -0.870. The van der Waals surface area contributed by atoms with E-state index in [2.05, 4.69) is 10.3 Å². The second-order valence-corrected chi connectivity index (χ2v) is 4.66. The molecule has 2 rings (SSSR count). The number of pyridine rings is 1. The first-order valence-corrected chi connectivity index (χ1v) is 5.85. The summed E-state index contributed by atoms with van der Waals surface area (Å²) < 4.78 is 13.4. The molecule has 2 unspecified atom stereocenters. The first kappa shape index (κ1) is 11.6. The van der Waals surface area contributed by atoms with Crippen LogP contribution in [-0.4, -0.2) is 17.6 Å². The van der Waals surface area contributed by atoms with E-state index in [4.69, 9.17) is 17.3 Å². The van der Waals surface area contributed by atoms with Gasteiger partial charge in [0.1, 0.15) is 0 Å². The normalized spacial score (nSPS) is 24.7. The molecule has 0 bridgehead atoms. The highest BCUT2D eigenvalue weighted by Gasteiger charge is 2.23. The summed E-state index contributed by atoms with van der Waals surface area (Å²) in [6, 6.07) is 1.48. The molecule has 2 atom stereocenters. The Morgan fingerprint density at radius 1 is 1.56 bits per heavy atom. The second kappa shape index (κ2) is 4.97. The molecule has 0 radical (unpaired) electrons. The number of hydrogen-bond donors (Lipinski definition) is 2. The summed E-state index contributed by atoms with van der Waals surface area (Å²) in [5.41, 5.74) is 5.93. The molecule has 0 aromatic carbocycles. The Balaban J connectivity index is 1.94. The largest absolute Gasteiger partial charge is 0.367 e. The maximum absolute atomic E-state index is 13.4. The van der Waals surface area contributed by atoms with Crippen LogP contribution in [0.15, 0.2) is 12.3 Å². The van der Waals surface area contributed by atoms with Crippen LogP contribution >= 0.6 is 11.6 Å². The predicted molar refractivity (Wildman–Crippen MR) is 63.0 cm³/mol. The lowest BCUT2D eigenvalue weighted by Gasteiger charge is -2.16. The SMILES string of the molecule is NC1CCCC1CNc1ncc(Cl)cc1F. The van der Waals surface area contributed by atoms with Gasteiger partial charge in [-0.2, -0.15) is 0 Å². The number of rotatable bonds is 3. The lowest BCUT2D eigenvalue weighted by Crippen LogP contribution is -2.29. The molecule has 3 N–H and O–H groups in total. The Bertz CT molecular complexity index is 372. The third kappa shape index (κ3) is 2.62. The number of aromatic nitrogens is 1. The van der Waals surface area contributed by atoms with E-state index < -0.39 is 5.82 Å². The maximum atomic E-state index is 13.4. The van der Waals surface area contributed by atoms with E-state index in [0.29, 0.717) is 17.5 Å². The van der Waals surface area contributed by atoms with Gasteiger partial charge in [-0.15, -0.1) is 0 Å². The summed E-state index contributed by atoms with van der Waals surface area (Å²) in [5, 5.41) is 3.29.